The van der Waals surface area contributed by atoms with Crippen LogP contribution in [0.1, 0.15) is 16.8 Å². The Bertz CT molecular complexity index is 405. The Morgan fingerprint density at radius 3 is 3.00 bits per heavy atom. The number of aldehydes is 1. The summed E-state index contributed by atoms with van der Waals surface area (Å²) in [6, 6.07) is 1.60. The SMILES string of the molecule is O=Cc1cnccc1N1CC(O)CC1=O. The number of hydrogen-bond donors (Lipinski definition) is 1. The Labute approximate surface area is 86.3 Å². The number of pyridine rings is 1. The lowest BCUT2D eigenvalue weighted by Crippen LogP contribution is -2.26. The topological polar surface area (TPSA) is 70.5 Å². The molecule has 0 radical (unpaired) electrons. The monoisotopic (exact) mass is 206 g/mol. The highest BCUT2D eigenvalue weighted by Crippen LogP contribution is 2.23. The number of carbonyl (C=O) groups excluding carboxylic acids is 2. The summed E-state index contributed by atoms with van der Waals surface area (Å²) in [6.45, 7) is 0.240. The summed E-state index contributed by atoms with van der Waals surface area (Å²) in [4.78, 5) is 27.4. The lowest BCUT2D eigenvalue weighted by atomic mass is 10.2. The van der Waals surface area contributed by atoms with Gasteiger partial charge in [0.1, 0.15) is 0 Å². The molecule has 78 valence electrons. The third kappa shape index (κ3) is 1.73. The van der Waals surface area contributed by atoms with Gasteiger partial charge < -0.3 is 10.0 Å². The summed E-state index contributed by atoms with van der Waals surface area (Å²) in [5.41, 5.74) is 0.876. The van der Waals surface area contributed by atoms with Crippen LogP contribution in [0.5, 0.6) is 0 Å². The maximum absolute atomic E-state index is 11.5. The molecule has 1 aromatic heterocycles. The lowest BCUT2D eigenvalue weighted by Gasteiger charge is -2.16. The number of anilines is 1. The highest BCUT2D eigenvalue weighted by Gasteiger charge is 2.30. The van der Waals surface area contributed by atoms with Crippen molar-refractivity contribution in [2.45, 2.75) is 12.5 Å². The van der Waals surface area contributed by atoms with Gasteiger partial charge in [0.05, 0.1) is 30.3 Å². The molecule has 1 amide bonds. The first-order valence-corrected chi connectivity index (χ1v) is 4.60. The predicted octanol–water partition coefficient (Wildman–Crippen LogP) is -0.00830. The average molecular weight is 206 g/mol. The molecular formula is C10H10N2O3. The van der Waals surface area contributed by atoms with Crippen LogP contribution in [-0.4, -0.2) is 34.9 Å². The van der Waals surface area contributed by atoms with Gasteiger partial charge in [0.15, 0.2) is 6.29 Å². The van der Waals surface area contributed by atoms with Crippen molar-refractivity contribution in [2.24, 2.45) is 0 Å². The largest absolute Gasteiger partial charge is 0.391 e. The molecular weight excluding hydrogens is 196 g/mol. The second-order valence-corrected chi connectivity index (χ2v) is 3.41. The van der Waals surface area contributed by atoms with Crippen LogP contribution < -0.4 is 4.90 Å². The lowest BCUT2D eigenvalue weighted by molar-refractivity contribution is -0.117. The van der Waals surface area contributed by atoms with Crippen molar-refractivity contribution in [3.63, 3.8) is 0 Å². The van der Waals surface area contributed by atoms with Crippen molar-refractivity contribution >= 4 is 17.9 Å². The smallest absolute Gasteiger partial charge is 0.229 e. The van der Waals surface area contributed by atoms with Crippen LogP contribution >= 0.6 is 0 Å². The fourth-order valence-corrected chi connectivity index (χ4v) is 1.66. The van der Waals surface area contributed by atoms with Crippen molar-refractivity contribution in [1.29, 1.82) is 0 Å². The third-order valence-electron chi connectivity index (χ3n) is 2.35. The predicted molar refractivity (Wildman–Crippen MR) is 52.6 cm³/mol. The maximum Gasteiger partial charge on any atom is 0.229 e. The Kier molecular flexibility index (Phi) is 2.47. The summed E-state index contributed by atoms with van der Waals surface area (Å²) >= 11 is 0. The number of rotatable bonds is 2. The van der Waals surface area contributed by atoms with Gasteiger partial charge in [-0.1, -0.05) is 0 Å². The summed E-state index contributed by atoms with van der Waals surface area (Å²) < 4.78 is 0. The molecule has 1 aromatic rings. The zero-order valence-electron chi connectivity index (χ0n) is 7.96. The van der Waals surface area contributed by atoms with E-state index in [2.05, 4.69) is 4.98 Å². The fraction of sp³-hybridized carbons (Fsp3) is 0.300. The molecule has 2 heterocycles. The number of aliphatic hydroxyl groups excluding tert-OH is 1. The van der Waals surface area contributed by atoms with Crippen molar-refractivity contribution in [1.82, 2.24) is 4.98 Å². The van der Waals surface area contributed by atoms with E-state index in [0.29, 0.717) is 17.5 Å². The van der Waals surface area contributed by atoms with E-state index in [9.17, 15) is 14.7 Å². The molecule has 0 saturated carbocycles. The molecule has 1 unspecified atom stereocenters. The number of carbonyl (C=O) groups is 2. The second kappa shape index (κ2) is 3.78. The molecule has 0 aromatic carbocycles. The van der Waals surface area contributed by atoms with Gasteiger partial charge in [-0.15, -0.1) is 0 Å². The summed E-state index contributed by atoms with van der Waals surface area (Å²) in [6.07, 6.45) is 3.03. The van der Waals surface area contributed by atoms with Gasteiger partial charge in [0.2, 0.25) is 5.91 Å². The molecule has 1 N–H and O–H groups in total. The summed E-state index contributed by atoms with van der Waals surface area (Å²) in [5.74, 6) is -0.170. The minimum absolute atomic E-state index is 0.112. The Morgan fingerprint density at radius 2 is 2.40 bits per heavy atom. The average Bonchev–Trinajstić information content (AvgIpc) is 2.57. The highest BCUT2D eigenvalue weighted by atomic mass is 16.3. The van der Waals surface area contributed by atoms with Gasteiger partial charge >= 0.3 is 0 Å². The minimum atomic E-state index is -0.648. The second-order valence-electron chi connectivity index (χ2n) is 3.41. The van der Waals surface area contributed by atoms with Crippen molar-refractivity contribution < 1.29 is 14.7 Å². The van der Waals surface area contributed by atoms with Crippen molar-refractivity contribution in [2.75, 3.05) is 11.4 Å². The van der Waals surface area contributed by atoms with Gasteiger partial charge in [0.25, 0.3) is 0 Å². The number of aromatic nitrogens is 1. The van der Waals surface area contributed by atoms with Crippen LogP contribution in [0, 0.1) is 0 Å². The molecule has 0 spiro atoms. The molecule has 1 saturated heterocycles. The third-order valence-corrected chi connectivity index (χ3v) is 2.35. The van der Waals surface area contributed by atoms with Gasteiger partial charge in [-0.2, -0.15) is 0 Å². The quantitative estimate of drug-likeness (QED) is 0.691. The van der Waals surface area contributed by atoms with Crippen LogP contribution in [0.2, 0.25) is 0 Å². The van der Waals surface area contributed by atoms with E-state index in [-0.39, 0.29) is 18.9 Å². The molecule has 15 heavy (non-hydrogen) atoms. The van der Waals surface area contributed by atoms with Crippen LogP contribution in [0.4, 0.5) is 5.69 Å². The van der Waals surface area contributed by atoms with E-state index in [4.69, 9.17) is 0 Å². The first-order chi connectivity index (χ1) is 7.22. The van der Waals surface area contributed by atoms with Crippen LogP contribution in [0.25, 0.3) is 0 Å². The highest BCUT2D eigenvalue weighted by molar-refractivity contribution is 6.00. The molecule has 5 nitrogen and oxygen atoms in total. The molecule has 1 aliphatic rings. The van der Waals surface area contributed by atoms with Crippen molar-refractivity contribution in [3.8, 4) is 0 Å². The Balaban J connectivity index is 2.37. The van der Waals surface area contributed by atoms with Crippen LogP contribution in [-0.2, 0) is 4.79 Å². The van der Waals surface area contributed by atoms with E-state index in [0.717, 1.165) is 0 Å². The molecule has 0 bridgehead atoms. The molecule has 1 aliphatic heterocycles. The van der Waals surface area contributed by atoms with Gasteiger partial charge in [-0.3, -0.25) is 14.6 Å². The van der Waals surface area contributed by atoms with Gasteiger partial charge in [-0.25, -0.2) is 0 Å². The molecule has 2 rings (SSSR count). The van der Waals surface area contributed by atoms with Gasteiger partial charge in [0, 0.05) is 12.4 Å². The minimum Gasteiger partial charge on any atom is -0.391 e. The number of β-amino-alcohol motifs (C(OH)–C–C–N with tert-alkyl or cyclic N) is 1. The first-order valence-electron chi connectivity index (χ1n) is 4.60. The standard InChI is InChI=1S/C10H10N2O3/c13-6-7-4-11-2-1-9(7)12-5-8(14)3-10(12)15/h1-2,4,6,8,14H,3,5H2. The summed E-state index contributed by atoms with van der Waals surface area (Å²) in [7, 11) is 0. The normalized spacial score (nSPS) is 20.7. The van der Waals surface area contributed by atoms with Crippen molar-refractivity contribution in [3.05, 3.63) is 24.0 Å². The molecule has 5 heteroatoms. The molecule has 1 fully saturated rings. The maximum atomic E-state index is 11.5. The zero-order valence-corrected chi connectivity index (χ0v) is 7.96. The molecule has 1 atom stereocenters. The zero-order chi connectivity index (χ0) is 10.8. The number of nitrogens with zero attached hydrogens (tertiary/aromatic N) is 2. The Morgan fingerprint density at radius 1 is 1.60 bits per heavy atom. The number of hydrogen-bond acceptors (Lipinski definition) is 4. The van der Waals surface area contributed by atoms with E-state index in [1.54, 1.807) is 6.07 Å². The summed E-state index contributed by atoms with van der Waals surface area (Å²) in [5, 5.41) is 9.33. The van der Waals surface area contributed by atoms with E-state index in [1.165, 1.54) is 17.3 Å². The Hall–Kier alpha value is -1.75. The van der Waals surface area contributed by atoms with E-state index in [1.807, 2.05) is 0 Å². The fourth-order valence-electron chi connectivity index (χ4n) is 1.66. The van der Waals surface area contributed by atoms with Crippen LogP contribution in [0.3, 0.4) is 0 Å². The van der Waals surface area contributed by atoms with E-state index >= 15 is 0 Å². The first kappa shape index (κ1) is 9.79. The van der Waals surface area contributed by atoms with Crippen LogP contribution in [0.15, 0.2) is 18.5 Å². The number of aliphatic hydroxyl groups is 1. The molecule has 0 aliphatic carbocycles. The number of amides is 1. The van der Waals surface area contributed by atoms with E-state index < -0.39 is 6.10 Å². The van der Waals surface area contributed by atoms with Gasteiger partial charge in [-0.05, 0) is 6.07 Å².